The number of hydrogen-bond donors (Lipinski definition) is 2. The molecular formula is C12H19BrN2OS. The number of ether oxygens (including phenoxy) is 1. The molecule has 0 aliphatic rings. The molecule has 0 bridgehead atoms. The molecule has 0 spiro atoms. The average molecular weight is 319 g/mol. The van der Waals surface area contributed by atoms with Gasteiger partial charge in [0.1, 0.15) is 0 Å². The Bertz CT molecular complexity index is 354. The van der Waals surface area contributed by atoms with Crippen molar-refractivity contribution in [2.45, 2.75) is 13.0 Å². The zero-order valence-electron chi connectivity index (χ0n) is 10.0. The highest BCUT2D eigenvalue weighted by atomic mass is 79.9. The molecule has 0 amide bonds. The molecule has 96 valence electrons. The summed E-state index contributed by atoms with van der Waals surface area (Å²) in [5.41, 5.74) is 6.81. The van der Waals surface area contributed by atoms with Gasteiger partial charge in [0, 0.05) is 22.4 Å². The minimum absolute atomic E-state index is 0.192. The summed E-state index contributed by atoms with van der Waals surface area (Å²) in [6.07, 6.45) is 0. The van der Waals surface area contributed by atoms with E-state index in [9.17, 15) is 0 Å². The van der Waals surface area contributed by atoms with E-state index in [0.717, 1.165) is 16.6 Å². The molecule has 0 aromatic carbocycles. The minimum Gasteiger partial charge on any atom is -0.376 e. The lowest BCUT2D eigenvalue weighted by Crippen LogP contribution is -2.30. The van der Waals surface area contributed by atoms with Crippen molar-refractivity contribution in [3.05, 3.63) is 32.9 Å². The van der Waals surface area contributed by atoms with E-state index in [0.29, 0.717) is 19.8 Å². The predicted octanol–water partition coefficient (Wildman–Crippen LogP) is 2.69. The lowest BCUT2D eigenvalue weighted by molar-refractivity contribution is 0.155. The molecule has 3 nitrogen and oxygen atoms in total. The van der Waals surface area contributed by atoms with E-state index in [2.05, 4.69) is 33.2 Å². The first-order valence-corrected chi connectivity index (χ1v) is 7.21. The lowest BCUT2D eigenvalue weighted by Gasteiger charge is -2.16. The number of nitrogens with two attached hydrogens (primary N) is 1. The molecular weight excluding hydrogens is 300 g/mol. The molecule has 1 heterocycles. The van der Waals surface area contributed by atoms with Crippen molar-refractivity contribution in [3.8, 4) is 0 Å². The van der Waals surface area contributed by atoms with E-state index in [4.69, 9.17) is 10.5 Å². The molecule has 0 radical (unpaired) electrons. The van der Waals surface area contributed by atoms with Gasteiger partial charge in [-0.15, -0.1) is 11.3 Å². The maximum Gasteiger partial charge on any atom is 0.0672 e. The van der Waals surface area contributed by atoms with Crippen LogP contribution in [0.4, 0.5) is 0 Å². The first-order chi connectivity index (χ1) is 8.15. The molecule has 1 atom stereocenters. The summed E-state index contributed by atoms with van der Waals surface area (Å²) in [6.45, 7) is 8.41. The number of halogens is 1. The maximum atomic E-state index is 5.76. The van der Waals surface area contributed by atoms with Gasteiger partial charge < -0.3 is 15.8 Å². The monoisotopic (exact) mass is 318 g/mol. The van der Waals surface area contributed by atoms with Gasteiger partial charge in [0.05, 0.1) is 19.3 Å². The van der Waals surface area contributed by atoms with Crippen LogP contribution in [0.1, 0.15) is 17.8 Å². The Labute approximate surface area is 115 Å². The number of nitrogens with one attached hydrogen (secondary N) is 1. The van der Waals surface area contributed by atoms with Gasteiger partial charge in [-0.1, -0.05) is 12.2 Å². The normalized spacial score (nSPS) is 12.6. The van der Waals surface area contributed by atoms with Gasteiger partial charge in [-0.3, -0.25) is 0 Å². The second-order valence-corrected chi connectivity index (χ2v) is 5.69. The van der Waals surface area contributed by atoms with E-state index in [1.807, 2.05) is 13.0 Å². The van der Waals surface area contributed by atoms with Crippen LogP contribution >= 0.6 is 27.3 Å². The van der Waals surface area contributed by atoms with Crippen LogP contribution in [0, 0.1) is 0 Å². The molecule has 5 heteroatoms. The highest BCUT2D eigenvalue weighted by Gasteiger charge is 2.13. The Morgan fingerprint density at radius 2 is 2.47 bits per heavy atom. The third-order valence-electron chi connectivity index (χ3n) is 2.18. The van der Waals surface area contributed by atoms with Crippen LogP contribution in [0.5, 0.6) is 0 Å². The molecule has 0 fully saturated rings. The molecule has 0 saturated carbocycles. The Morgan fingerprint density at radius 3 is 3.00 bits per heavy atom. The minimum atomic E-state index is 0.192. The van der Waals surface area contributed by atoms with Crippen LogP contribution in [-0.2, 0) is 4.74 Å². The van der Waals surface area contributed by atoms with Gasteiger partial charge in [0.25, 0.3) is 0 Å². The van der Waals surface area contributed by atoms with E-state index in [1.165, 1.54) is 4.88 Å². The van der Waals surface area contributed by atoms with Crippen molar-refractivity contribution in [2.24, 2.45) is 5.73 Å². The second kappa shape index (κ2) is 8.00. The van der Waals surface area contributed by atoms with Crippen molar-refractivity contribution >= 4 is 27.3 Å². The van der Waals surface area contributed by atoms with E-state index < -0.39 is 0 Å². The molecule has 1 aromatic heterocycles. The fourth-order valence-corrected chi connectivity index (χ4v) is 3.13. The average Bonchev–Trinajstić information content (AvgIpc) is 2.70. The number of rotatable bonds is 8. The Balaban J connectivity index is 2.29. The summed E-state index contributed by atoms with van der Waals surface area (Å²) in [5, 5.41) is 5.44. The molecule has 1 rings (SSSR count). The summed E-state index contributed by atoms with van der Waals surface area (Å²) in [6, 6.07) is 2.24. The molecule has 0 aliphatic heterocycles. The Hall–Kier alpha value is -0.200. The number of thiophene rings is 1. The van der Waals surface area contributed by atoms with Crippen LogP contribution in [-0.4, -0.2) is 26.3 Å². The van der Waals surface area contributed by atoms with Crippen LogP contribution in [0.3, 0.4) is 0 Å². The molecule has 0 aliphatic carbocycles. The van der Waals surface area contributed by atoms with Crippen molar-refractivity contribution in [1.82, 2.24) is 5.32 Å². The van der Waals surface area contributed by atoms with Gasteiger partial charge >= 0.3 is 0 Å². The largest absolute Gasteiger partial charge is 0.376 e. The summed E-state index contributed by atoms with van der Waals surface area (Å²) in [5.74, 6) is 0. The molecule has 17 heavy (non-hydrogen) atoms. The van der Waals surface area contributed by atoms with Crippen molar-refractivity contribution in [2.75, 3.05) is 26.3 Å². The first kappa shape index (κ1) is 14.9. The van der Waals surface area contributed by atoms with Crippen LogP contribution in [0.25, 0.3) is 0 Å². The fraction of sp³-hybridized carbons (Fsp3) is 0.500. The topological polar surface area (TPSA) is 47.3 Å². The van der Waals surface area contributed by atoms with Crippen molar-refractivity contribution < 1.29 is 4.74 Å². The van der Waals surface area contributed by atoms with Crippen molar-refractivity contribution in [3.63, 3.8) is 0 Å². The summed E-state index contributed by atoms with van der Waals surface area (Å²) >= 11 is 5.23. The maximum absolute atomic E-state index is 5.76. The van der Waals surface area contributed by atoms with Crippen LogP contribution in [0.15, 0.2) is 28.1 Å². The second-order valence-electron chi connectivity index (χ2n) is 3.88. The van der Waals surface area contributed by atoms with Gasteiger partial charge in [0.2, 0.25) is 0 Å². The standard InChI is InChI=1S/C12H19BrN2OS/c1-9(2)8-16-5-4-15-11(7-14)12-10(13)3-6-17-12/h3,6,11,15H,1,4-5,7-8,14H2,2H3. The predicted molar refractivity (Wildman–Crippen MR) is 77.5 cm³/mol. The molecule has 1 aromatic rings. The van der Waals surface area contributed by atoms with Gasteiger partial charge in [-0.2, -0.15) is 0 Å². The SMILES string of the molecule is C=C(C)COCCNC(CN)c1sccc1Br. The molecule has 0 saturated heterocycles. The summed E-state index contributed by atoms with van der Waals surface area (Å²) < 4.78 is 6.55. The lowest BCUT2D eigenvalue weighted by atomic mass is 10.2. The van der Waals surface area contributed by atoms with Crippen molar-refractivity contribution in [1.29, 1.82) is 0 Å². The highest BCUT2D eigenvalue weighted by Crippen LogP contribution is 2.28. The smallest absolute Gasteiger partial charge is 0.0672 e. The summed E-state index contributed by atoms with van der Waals surface area (Å²) in [4.78, 5) is 1.24. The Morgan fingerprint density at radius 1 is 1.71 bits per heavy atom. The first-order valence-electron chi connectivity index (χ1n) is 5.53. The fourth-order valence-electron chi connectivity index (χ4n) is 1.39. The van der Waals surface area contributed by atoms with Gasteiger partial charge in [-0.25, -0.2) is 0 Å². The molecule has 3 N–H and O–H groups in total. The van der Waals surface area contributed by atoms with Crippen LogP contribution < -0.4 is 11.1 Å². The van der Waals surface area contributed by atoms with E-state index in [-0.39, 0.29) is 6.04 Å². The van der Waals surface area contributed by atoms with E-state index in [1.54, 1.807) is 11.3 Å². The zero-order valence-corrected chi connectivity index (χ0v) is 12.4. The number of hydrogen-bond acceptors (Lipinski definition) is 4. The van der Waals surface area contributed by atoms with Gasteiger partial charge in [-0.05, 0) is 34.3 Å². The van der Waals surface area contributed by atoms with Gasteiger partial charge in [0.15, 0.2) is 0 Å². The third-order valence-corrected chi connectivity index (χ3v) is 4.17. The zero-order chi connectivity index (χ0) is 12.7. The van der Waals surface area contributed by atoms with E-state index >= 15 is 0 Å². The third kappa shape index (κ3) is 5.31. The Kier molecular flexibility index (Phi) is 6.99. The van der Waals surface area contributed by atoms with Crippen LogP contribution in [0.2, 0.25) is 0 Å². The quantitative estimate of drug-likeness (QED) is 0.572. The summed E-state index contributed by atoms with van der Waals surface area (Å²) in [7, 11) is 0. The highest BCUT2D eigenvalue weighted by molar-refractivity contribution is 9.10. The molecule has 1 unspecified atom stereocenters.